The number of urea groups is 1. The summed E-state index contributed by atoms with van der Waals surface area (Å²) >= 11 is 0. The van der Waals surface area contributed by atoms with Gasteiger partial charge in [-0.2, -0.15) is 0 Å². The number of carboxylic acid groups (broad SMARTS) is 1. The first-order valence-corrected chi connectivity index (χ1v) is 8.06. The van der Waals surface area contributed by atoms with Gasteiger partial charge in [-0.3, -0.25) is 9.59 Å². The van der Waals surface area contributed by atoms with Crippen molar-refractivity contribution in [2.24, 2.45) is 16.3 Å². The van der Waals surface area contributed by atoms with E-state index in [0.717, 1.165) is 0 Å². The second-order valence-electron chi connectivity index (χ2n) is 6.91. The van der Waals surface area contributed by atoms with Crippen molar-refractivity contribution in [3.05, 3.63) is 29.8 Å². The van der Waals surface area contributed by atoms with Crippen LogP contribution in [-0.4, -0.2) is 28.8 Å². The van der Waals surface area contributed by atoms with E-state index in [0.29, 0.717) is 23.4 Å². The van der Waals surface area contributed by atoms with Crippen molar-refractivity contribution >= 4 is 23.7 Å². The Morgan fingerprint density at radius 3 is 2.32 bits per heavy atom. The predicted molar refractivity (Wildman–Crippen MR) is 91.7 cm³/mol. The van der Waals surface area contributed by atoms with E-state index in [1.807, 2.05) is 0 Å². The summed E-state index contributed by atoms with van der Waals surface area (Å²) in [6, 6.07) is 5.19. The molecule has 0 aromatic heterocycles. The Labute approximate surface area is 146 Å². The van der Waals surface area contributed by atoms with E-state index >= 15 is 0 Å². The molecule has 0 saturated carbocycles. The van der Waals surface area contributed by atoms with Crippen molar-refractivity contribution in [1.82, 2.24) is 5.32 Å². The van der Waals surface area contributed by atoms with E-state index in [4.69, 9.17) is 4.74 Å². The Balaban J connectivity index is 2.26. The molecule has 7 nitrogen and oxygen atoms in total. The topological polar surface area (TPSA) is 105 Å². The largest absolute Gasteiger partial charge is 0.481 e. The highest BCUT2D eigenvalue weighted by atomic mass is 16.5. The number of carboxylic acids is 1. The number of hydrogen-bond donors (Lipinski definition) is 2. The first-order chi connectivity index (χ1) is 11.6. The third-order valence-electron chi connectivity index (χ3n) is 3.91. The van der Waals surface area contributed by atoms with E-state index in [9.17, 15) is 19.5 Å². The van der Waals surface area contributed by atoms with Crippen LogP contribution in [0.4, 0.5) is 4.79 Å². The van der Waals surface area contributed by atoms with E-state index < -0.39 is 29.4 Å². The molecule has 2 rings (SSSR count). The maximum atomic E-state index is 11.9. The summed E-state index contributed by atoms with van der Waals surface area (Å²) in [5.74, 6) is -1.98. The standard InChI is InChI=1S/C18H22N2O5/c1-5-12-13(15(21)22)14(20-17(24)19-12)10-6-8-11(9-7-10)25-16(23)18(2,3)4/h6-9,13-14H,5H2,1-4H3,(H,20,24)(H,21,22). The summed E-state index contributed by atoms with van der Waals surface area (Å²) in [5.41, 5.74) is 0.318. The number of ether oxygens (including phenoxy) is 1. The Hall–Kier alpha value is -2.70. The maximum absolute atomic E-state index is 11.9. The molecule has 7 heteroatoms. The van der Waals surface area contributed by atoms with Gasteiger partial charge in [-0.1, -0.05) is 19.1 Å². The minimum Gasteiger partial charge on any atom is -0.481 e. The van der Waals surface area contributed by atoms with Gasteiger partial charge in [0.2, 0.25) is 0 Å². The van der Waals surface area contributed by atoms with Crippen LogP contribution in [0.15, 0.2) is 29.3 Å². The highest BCUT2D eigenvalue weighted by Crippen LogP contribution is 2.30. The Kier molecular flexibility index (Phi) is 5.25. The lowest BCUT2D eigenvalue weighted by Crippen LogP contribution is -2.44. The number of aliphatic imine (C=N–C) groups is 1. The normalized spacial score (nSPS) is 20.5. The Morgan fingerprint density at radius 2 is 1.84 bits per heavy atom. The number of hydrogen-bond acceptors (Lipinski definition) is 4. The van der Waals surface area contributed by atoms with Gasteiger partial charge in [0, 0.05) is 5.71 Å². The lowest BCUT2D eigenvalue weighted by atomic mass is 9.86. The summed E-state index contributed by atoms with van der Waals surface area (Å²) < 4.78 is 5.29. The van der Waals surface area contributed by atoms with Crippen molar-refractivity contribution in [1.29, 1.82) is 0 Å². The number of rotatable bonds is 4. The molecule has 0 bridgehead atoms. The van der Waals surface area contributed by atoms with Gasteiger partial charge in [0.05, 0.1) is 11.5 Å². The Morgan fingerprint density at radius 1 is 1.24 bits per heavy atom. The number of carbonyl (C=O) groups excluding carboxylic acids is 2. The van der Waals surface area contributed by atoms with Gasteiger partial charge in [0.1, 0.15) is 11.7 Å². The lowest BCUT2D eigenvalue weighted by molar-refractivity contribution is -0.143. The van der Waals surface area contributed by atoms with Gasteiger partial charge < -0.3 is 15.2 Å². The summed E-state index contributed by atoms with van der Waals surface area (Å²) in [7, 11) is 0. The zero-order valence-corrected chi connectivity index (χ0v) is 14.7. The second-order valence-corrected chi connectivity index (χ2v) is 6.91. The Bertz CT molecular complexity index is 716. The second kappa shape index (κ2) is 7.04. The third kappa shape index (κ3) is 4.23. The summed E-state index contributed by atoms with van der Waals surface area (Å²) in [4.78, 5) is 39.1. The molecule has 1 heterocycles. The molecular formula is C18H22N2O5. The number of benzene rings is 1. The molecule has 25 heavy (non-hydrogen) atoms. The average Bonchev–Trinajstić information content (AvgIpc) is 2.53. The SMILES string of the molecule is CCC1=NC(=O)NC(c2ccc(OC(=O)C(C)(C)C)cc2)C1C(=O)O. The molecule has 1 aromatic rings. The smallest absolute Gasteiger partial charge is 0.341 e. The zero-order valence-electron chi connectivity index (χ0n) is 14.7. The van der Waals surface area contributed by atoms with Gasteiger partial charge in [-0.15, -0.1) is 0 Å². The number of amides is 2. The molecule has 2 amide bonds. The molecule has 1 aliphatic rings. The monoisotopic (exact) mass is 346 g/mol. The van der Waals surface area contributed by atoms with E-state index in [1.54, 1.807) is 52.0 Å². The van der Waals surface area contributed by atoms with Gasteiger partial charge in [-0.05, 0) is 44.9 Å². The minimum absolute atomic E-state index is 0.337. The van der Waals surface area contributed by atoms with Crippen LogP contribution in [0, 0.1) is 11.3 Å². The number of esters is 1. The van der Waals surface area contributed by atoms with E-state index in [1.165, 1.54) is 0 Å². The molecule has 0 fully saturated rings. The zero-order chi connectivity index (χ0) is 18.8. The van der Waals surface area contributed by atoms with E-state index in [2.05, 4.69) is 10.3 Å². The fourth-order valence-corrected chi connectivity index (χ4v) is 2.50. The molecular weight excluding hydrogens is 324 g/mol. The molecule has 1 aromatic carbocycles. The van der Waals surface area contributed by atoms with Crippen LogP contribution in [0.2, 0.25) is 0 Å². The van der Waals surface area contributed by atoms with Crippen LogP contribution < -0.4 is 10.1 Å². The molecule has 0 spiro atoms. The van der Waals surface area contributed by atoms with Crippen LogP contribution in [0.3, 0.4) is 0 Å². The van der Waals surface area contributed by atoms with Crippen LogP contribution in [0.1, 0.15) is 45.7 Å². The molecule has 2 atom stereocenters. The van der Waals surface area contributed by atoms with Crippen molar-refractivity contribution in [3.8, 4) is 5.75 Å². The predicted octanol–water partition coefficient (Wildman–Crippen LogP) is 2.95. The number of aliphatic carboxylic acids is 1. The maximum Gasteiger partial charge on any atom is 0.341 e. The average molecular weight is 346 g/mol. The van der Waals surface area contributed by atoms with Crippen LogP contribution >= 0.6 is 0 Å². The molecule has 0 saturated heterocycles. The van der Waals surface area contributed by atoms with Gasteiger partial charge >= 0.3 is 18.0 Å². The molecule has 2 unspecified atom stereocenters. The molecule has 1 aliphatic heterocycles. The summed E-state index contributed by atoms with van der Waals surface area (Å²) in [6.07, 6.45) is 0.377. The van der Waals surface area contributed by atoms with Crippen molar-refractivity contribution in [2.75, 3.05) is 0 Å². The summed E-state index contributed by atoms with van der Waals surface area (Å²) in [5, 5.41) is 12.1. The minimum atomic E-state index is -1.05. The summed E-state index contributed by atoms with van der Waals surface area (Å²) in [6.45, 7) is 7.03. The fraction of sp³-hybridized carbons (Fsp3) is 0.444. The van der Waals surface area contributed by atoms with Crippen LogP contribution in [0.25, 0.3) is 0 Å². The van der Waals surface area contributed by atoms with Crippen molar-refractivity contribution < 1.29 is 24.2 Å². The third-order valence-corrected chi connectivity index (χ3v) is 3.91. The van der Waals surface area contributed by atoms with E-state index in [-0.39, 0.29) is 5.97 Å². The highest BCUT2D eigenvalue weighted by molar-refractivity contribution is 6.08. The molecule has 0 radical (unpaired) electrons. The lowest BCUT2D eigenvalue weighted by Gasteiger charge is -2.29. The van der Waals surface area contributed by atoms with Gasteiger partial charge in [-0.25, -0.2) is 9.79 Å². The molecule has 134 valence electrons. The van der Waals surface area contributed by atoms with Crippen LogP contribution in [-0.2, 0) is 9.59 Å². The quantitative estimate of drug-likeness (QED) is 0.644. The highest BCUT2D eigenvalue weighted by Gasteiger charge is 2.37. The van der Waals surface area contributed by atoms with Gasteiger partial charge in [0.15, 0.2) is 0 Å². The molecule has 0 aliphatic carbocycles. The van der Waals surface area contributed by atoms with Crippen molar-refractivity contribution in [2.45, 2.75) is 40.2 Å². The first kappa shape index (κ1) is 18.6. The molecule has 2 N–H and O–H groups in total. The number of carbonyl (C=O) groups is 3. The number of nitrogens with zero attached hydrogens (tertiary/aromatic N) is 1. The first-order valence-electron chi connectivity index (χ1n) is 8.06. The van der Waals surface area contributed by atoms with Gasteiger partial charge in [0.25, 0.3) is 0 Å². The van der Waals surface area contributed by atoms with Crippen LogP contribution in [0.5, 0.6) is 5.75 Å². The fourth-order valence-electron chi connectivity index (χ4n) is 2.50. The number of nitrogens with one attached hydrogen (secondary N) is 1. The van der Waals surface area contributed by atoms with Crippen molar-refractivity contribution in [3.63, 3.8) is 0 Å².